The normalized spacial score (nSPS) is 16.7. The third-order valence-electron chi connectivity index (χ3n) is 5.41. The van der Waals surface area contributed by atoms with Crippen LogP contribution >= 0.6 is 0 Å². The van der Waals surface area contributed by atoms with E-state index in [1.165, 1.54) is 24.6 Å². The van der Waals surface area contributed by atoms with Gasteiger partial charge < -0.3 is 9.64 Å². The molecule has 0 bridgehead atoms. The highest BCUT2D eigenvalue weighted by Gasteiger charge is 2.30. The second-order valence-corrected chi connectivity index (χ2v) is 8.60. The molecular weight excluding hydrogens is 369 g/mol. The molecule has 1 unspecified atom stereocenters. The topological polar surface area (TPSA) is 46.6 Å². The number of rotatable bonds is 5. The van der Waals surface area contributed by atoms with Gasteiger partial charge in [0.25, 0.3) is 5.91 Å². The Kier molecular flexibility index (Phi) is 6.06. The Bertz CT molecular complexity index is 899. The molecule has 1 saturated heterocycles. The number of nitrogens with zero attached hydrogens (tertiary/aromatic N) is 1. The molecule has 1 aliphatic rings. The van der Waals surface area contributed by atoms with Gasteiger partial charge in [-0.15, -0.1) is 0 Å². The van der Waals surface area contributed by atoms with E-state index in [1.54, 1.807) is 0 Å². The van der Waals surface area contributed by atoms with Crippen LogP contribution in [0.3, 0.4) is 0 Å². The monoisotopic (exact) mass is 397 g/mol. The first-order valence-electron chi connectivity index (χ1n) is 10.00. The molecule has 4 nitrogen and oxygen atoms in total. The van der Waals surface area contributed by atoms with Crippen LogP contribution in [-0.4, -0.2) is 29.7 Å². The first-order valence-corrected chi connectivity index (χ1v) is 10.00. The zero-order valence-corrected chi connectivity index (χ0v) is 17.5. The van der Waals surface area contributed by atoms with Crippen molar-refractivity contribution >= 4 is 11.7 Å². The lowest BCUT2D eigenvalue weighted by Gasteiger charge is -2.26. The van der Waals surface area contributed by atoms with Crippen molar-refractivity contribution in [1.29, 1.82) is 0 Å². The lowest BCUT2D eigenvalue weighted by molar-refractivity contribution is -0.134. The molecule has 2 aromatic rings. The summed E-state index contributed by atoms with van der Waals surface area (Å²) in [6, 6.07) is 12.2. The van der Waals surface area contributed by atoms with E-state index in [0.717, 1.165) is 24.5 Å². The molecule has 5 heteroatoms. The number of Topliss-reactive ketones (excluding diaryl/α,β-unsaturated/α-hetero) is 1. The molecule has 0 aromatic heterocycles. The lowest BCUT2D eigenvalue weighted by Crippen LogP contribution is -2.34. The standard InChI is InChI=1S/C24H28FNO3/c1-16(27)20-14-19(25)11-12-22(20)29-15-23(28)26-13-5-6-21(26)17-7-9-18(10-8-17)24(2,3)4/h7-12,14,21H,5-6,13,15H2,1-4H3. The molecule has 154 valence electrons. The van der Waals surface area contributed by atoms with Crippen LogP contribution in [0.5, 0.6) is 5.75 Å². The highest BCUT2D eigenvalue weighted by atomic mass is 19.1. The Morgan fingerprint density at radius 1 is 1.14 bits per heavy atom. The molecule has 0 aliphatic carbocycles. The van der Waals surface area contributed by atoms with Crippen molar-refractivity contribution in [3.8, 4) is 5.75 Å². The Morgan fingerprint density at radius 2 is 1.83 bits per heavy atom. The van der Waals surface area contributed by atoms with Gasteiger partial charge in [-0.25, -0.2) is 4.39 Å². The average molecular weight is 397 g/mol. The Morgan fingerprint density at radius 3 is 2.45 bits per heavy atom. The molecule has 0 spiro atoms. The second-order valence-electron chi connectivity index (χ2n) is 8.60. The predicted octanol–water partition coefficient (Wildman–Crippen LogP) is 5.07. The van der Waals surface area contributed by atoms with Crippen molar-refractivity contribution in [2.24, 2.45) is 0 Å². The van der Waals surface area contributed by atoms with E-state index in [2.05, 4.69) is 45.0 Å². The average Bonchev–Trinajstić information content (AvgIpc) is 3.16. The summed E-state index contributed by atoms with van der Waals surface area (Å²) in [7, 11) is 0. The number of carbonyl (C=O) groups is 2. The van der Waals surface area contributed by atoms with E-state index >= 15 is 0 Å². The van der Waals surface area contributed by atoms with Gasteiger partial charge in [0.1, 0.15) is 11.6 Å². The van der Waals surface area contributed by atoms with E-state index in [1.807, 2.05) is 4.90 Å². The first kappa shape index (κ1) is 21.0. The van der Waals surface area contributed by atoms with Crippen LogP contribution in [0.15, 0.2) is 42.5 Å². The maximum atomic E-state index is 13.4. The number of hydrogen-bond donors (Lipinski definition) is 0. The number of hydrogen-bond acceptors (Lipinski definition) is 3. The van der Waals surface area contributed by atoms with E-state index in [-0.39, 0.29) is 41.1 Å². The number of benzene rings is 2. The third kappa shape index (κ3) is 4.84. The smallest absolute Gasteiger partial charge is 0.261 e. The van der Waals surface area contributed by atoms with E-state index in [9.17, 15) is 14.0 Å². The summed E-state index contributed by atoms with van der Waals surface area (Å²) in [5.74, 6) is -0.708. The molecule has 0 radical (unpaired) electrons. The van der Waals surface area contributed by atoms with Crippen molar-refractivity contribution in [3.63, 3.8) is 0 Å². The van der Waals surface area contributed by atoms with Crippen LogP contribution in [0, 0.1) is 5.82 Å². The van der Waals surface area contributed by atoms with E-state index in [0.29, 0.717) is 6.54 Å². The molecule has 1 fully saturated rings. The minimum absolute atomic E-state index is 0.0283. The molecule has 29 heavy (non-hydrogen) atoms. The fraction of sp³-hybridized carbons (Fsp3) is 0.417. The summed E-state index contributed by atoms with van der Waals surface area (Å²) < 4.78 is 19.0. The largest absolute Gasteiger partial charge is 0.483 e. The van der Waals surface area contributed by atoms with Gasteiger partial charge in [0.05, 0.1) is 11.6 Å². The van der Waals surface area contributed by atoms with Gasteiger partial charge in [-0.1, -0.05) is 45.0 Å². The summed E-state index contributed by atoms with van der Waals surface area (Å²) >= 11 is 0. The number of halogens is 1. The van der Waals surface area contributed by atoms with Gasteiger partial charge in [0.15, 0.2) is 12.4 Å². The number of ether oxygens (including phenoxy) is 1. The van der Waals surface area contributed by atoms with Gasteiger partial charge in [0, 0.05) is 6.54 Å². The number of ketones is 1. The molecule has 2 aromatic carbocycles. The van der Waals surface area contributed by atoms with Crippen LogP contribution < -0.4 is 4.74 Å². The zero-order valence-electron chi connectivity index (χ0n) is 17.5. The number of amides is 1. The summed E-state index contributed by atoms with van der Waals surface area (Å²) in [5.41, 5.74) is 2.61. The quantitative estimate of drug-likeness (QED) is 0.662. The van der Waals surface area contributed by atoms with Crippen molar-refractivity contribution in [1.82, 2.24) is 4.90 Å². The highest BCUT2D eigenvalue weighted by Crippen LogP contribution is 2.33. The molecule has 1 heterocycles. The Balaban J connectivity index is 1.70. The van der Waals surface area contributed by atoms with Gasteiger partial charge in [-0.3, -0.25) is 9.59 Å². The van der Waals surface area contributed by atoms with Crippen LogP contribution in [-0.2, 0) is 10.2 Å². The summed E-state index contributed by atoms with van der Waals surface area (Å²) in [6.07, 6.45) is 1.85. The highest BCUT2D eigenvalue weighted by molar-refractivity contribution is 5.96. The summed E-state index contributed by atoms with van der Waals surface area (Å²) in [4.78, 5) is 26.4. The Hall–Kier alpha value is -2.69. The Labute approximate surface area is 171 Å². The van der Waals surface area contributed by atoms with Gasteiger partial charge in [-0.05, 0) is 54.5 Å². The van der Waals surface area contributed by atoms with Gasteiger partial charge >= 0.3 is 0 Å². The molecule has 1 aliphatic heterocycles. The van der Waals surface area contributed by atoms with E-state index < -0.39 is 5.82 Å². The van der Waals surface area contributed by atoms with Crippen molar-refractivity contribution in [2.75, 3.05) is 13.2 Å². The fourth-order valence-corrected chi connectivity index (χ4v) is 3.74. The third-order valence-corrected chi connectivity index (χ3v) is 5.41. The minimum Gasteiger partial charge on any atom is -0.483 e. The molecule has 1 atom stereocenters. The van der Waals surface area contributed by atoms with Crippen LogP contribution in [0.4, 0.5) is 4.39 Å². The lowest BCUT2D eigenvalue weighted by atomic mass is 9.86. The summed E-state index contributed by atoms with van der Waals surface area (Å²) in [6.45, 7) is 8.38. The van der Waals surface area contributed by atoms with Gasteiger partial charge in [0.2, 0.25) is 0 Å². The minimum atomic E-state index is -0.507. The van der Waals surface area contributed by atoms with Crippen molar-refractivity contribution < 1.29 is 18.7 Å². The zero-order chi connectivity index (χ0) is 21.2. The van der Waals surface area contributed by atoms with Crippen molar-refractivity contribution in [2.45, 2.75) is 52.0 Å². The molecule has 3 rings (SSSR count). The van der Waals surface area contributed by atoms with Crippen LogP contribution in [0.25, 0.3) is 0 Å². The first-order chi connectivity index (χ1) is 13.7. The maximum Gasteiger partial charge on any atom is 0.261 e. The van der Waals surface area contributed by atoms with Gasteiger partial charge in [-0.2, -0.15) is 0 Å². The molecular formula is C24H28FNO3. The van der Waals surface area contributed by atoms with Crippen molar-refractivity contribution in [3.05, 3.63) is 65.0 Å². The molecule has 0 N–H and O–H groups in total. The second kappa shape index (κ2) is 8.36. The van der Waals surface area contributed by atoms with E-state index in [4.69, 9.17) is 4.74 Å². The maximum absolute atomic E-state index is 13.4. The number of likely N-dealkylation sites (tertiary alicyclic amines) is 1. The summed E-state index contributed by atoms with van der Waals surface area (Å²) in [5, 5.41) is 0. The molecule has 1 amide bonds. The van der Waals surface area contributed by atoms with Crippen LogP contribution in [0.2, 0.25) is 0 Å². The van der Waals surface area contributed by atoms with Crippen LogP contribution in [0.1, 0.15) is 68.1 Å². The number of carbonyl (C=O) groups excluding carboxylic acids is 2. The predicted molar refractivity (Wildman–Crippen MR) is 111 cm³/mol. The fourth-order valence-electron chi connectivity index (χ4n) is 3.74. The molecule has 0 saturated carbocycles. The SMILES string of the molecule is CC(=O)c1cc(F)ccc1OCC(=O)N1CCCC1c1ccc(C(C)(C)C)cc1.